The van der Waals surface area contributed by atoms with Gasteiger partial charge in [-0.2, -0.15) is 0 Å². The fourth-order valence-electron chi connectivity index (χ4n) is 2.43. The van der Waals surface area contributed by atoms with Crippen molar-refractivity contribution in [2.75, 3.05) is 0 Å². The van der Waals surface area contributed by atoms with Crippen LogP contribution in [-0.4, -0.2) is 16.1 Å². The van der Waals surface area contributed by atoms with Gasteiger partial charge in [-0.3, -0.25) is 4.98 Å². The van der Waals surface area contributed by atoms with Gasteiger partial charge in [0.1, 0.15) is 0 Å². The van der Waals surface area contributed by atoms with Gasteiger partial charge in [-0.05, 0) is 48.7 Å². The highest BCUT2D eigenvalue weighted by atomic mass is 32.1. The summed E-state index contributed by atoms with van der Waals surface area (Å²) in [5.41, 5.74) is 1.20. The standard InChI is InChI=1S/C14H21N3S/c1-11-4-2-3-5-13(11)17-14(18)16-10-12-6-8-15-9-7-12/h6-9,11,13H,2-5,10H2,1H3,(H2,16,17,18). The minimum absolute atomic E-state index is 0.538. The highest BCUT2D eigenvalue weighted by molar-refractivity contribution is 7.80. The van der Waals surface area contributed by atoms with Crippen LogP contribution < -0.4 is 10.6 Å². The molecule has 1 aromatic heterocycles. The largest absolute Gasteiger partial charge is 0.360 e. The average molecular weight is 263 g/mol. The minimum Gasteiger partial charge on any atom is -0.360 e. The van der Waals surface area contributed by atoms with Crippen LogP contribution in [-0.2, 0) is 6.54 Å². The molecule has 1 heterocycles. The molecular weight excluding hydrogens is 242 g/mol. The van der Waals surface area contributed by atoms with Gasteiger partial charge in [0.05, 0.1) is 0 Å². The van der Waals surface area contributed by atoms with E-state index >= 15 is 0 Å². The molecule has 1 aliphatic rings. The van der Waals surface area contributed by atoms with E-state index in [4.69, 9.17) is 12.2 Å². The van der Waals surface area contributed by atoms with Crippen LogP contribution in [0.15, 0.2) is 24.5 Å². The minimum atomic E-state index is 0.538. The maximum Gasteiger partial charge on any atom is 0.166 e. The Kier molecular flexibility index (Phi) is 4.93. The number of nitrogens with zero attached hydrogens (tertiary/aromatic N) is 1. The van der Waals surface area contributed by atoms with E-state index in [1.807, 2.05) is 12.1 Å². The Hall–Kier alpha value is -1.16. The summed E-state index contributed by atoms with van der Waals surface area (Å²) in [6.45, 7) is 3.07. The summed E-state index contributed by atoms with van der Waals surface area (Å²) in [6, 6.07) is 4.54. The number of nitrogens with one attached hydrogen (secondary N) is 2. The lowest BCUT2D eigenvalue weighted by Crippen LogP contribution is -2.45. The molecule has 2 N–H and O–H groups in total. The molecule has 0 radical (unpaired) electrons. The fraction of sp³-hybridized carbons (Fsp3) is 0.571. The summed E-state index contributed by atoms with van der Waals surface area (Å²) >= 11 is 5.35. The molecule has 1 fully saturated rings. The molecule has 1 aromatic rings. The average Bonchev–Trinajstić information content (AvgIpc) is 2.40. The van der Waals surface area contributed by atoms with Crippen LogP contribution in [0.3, 0.4) is 0 Å². The molecule has 4 heteroatoms. The first kappa shape index (κ1) is 13.3. The molecule has 0 saturated heterocycles. The van der Waals surface area contributed by atoms with Gasteiger partial charge in [-0.25, -0.2) is 0 Å². The summed E-state index contributed by atoms with van der Waals surface area (Å²) in [4.78, 5) is 4.00. The van der Waals surface area contributed by atoms with Gasteiger partial charge in [-0.15, -0.1) is 0 Å². The van der Waals surface area contributed by atoms with Crippen LogP contribution in [0.4, 0.5) is 0 Å². The molecule has 2 rings (SSSR count). The zero-order valence-corrected chi connectivity index (χ0v) is 11.7. The fourth-order valence-corrected chi connectivity index (χ4v) is 2.66. The molecule has 1 saturated carbocycles. The highest BCUT2D eigenvalue weighted by Crippen LogP contribution is 2.23. The van der Waals surface area contributed by atoms with E-state index in [-0.39, 0.29) is 0 Å². The third-order valence-corrected chi connectivity index (χ3v) is 3.89. The van der Waals surface area contributed by atoms with Crippen LogP contribution in [0.2, 0.25) is 0 Å². The Labute approximate surface area is 114 Å². The lowest BCUT2D eigenvalue weighted by molar-refractivity contribution is 0.308. The zero-order chi connectivity index (χ0) is 12.8. The van der Waals surface area contributed by atoms with Gasteiger partial charge in [-0.1, -0.05) is 19.8 Å². The number of thiocarbonyl (C=S) groups is 1. The van der Waals surface area contributed by atoms with E-state index < -0.39 is 0 Å². The molecule has 0 aromatic carbocycles. The number of pyridine rings is 1. The summed E-state index contributed by atoms with van der Waals surface area (Å²) in [5, 5.41) is 7.47. The van der Waals surface area contributed by atoms with Crippen LogP contribution in [0, 0.1) is 5.92 Å². The Morgan fingerprint density at radius 2 is 2.06 bits per heavy atom. The van der Waals surface area contributed by atoms with Crippen molar-refractivity contribution in [1.29, 1.82) is 0 Å². The Morgan fingerprint density at radius 1 is 1.33 bits per heavy atom. The Morgan fingerprint density at radius 3 is 2.78 bits per heavy atom. The third-order valence-electron chi connectivity index (χ3n) is 3.63. The van der Waals surface area contributed by atoms with Crippen molar-refractivity contribution < 1.29 is 0 Å². The van der Waals surface area contributed by atoms with E-state index in [9.17, 15) is 0 Å². The van der Waals surface area contributed by atoms with Gasteiger partial charge >= 0.3 is 0 Å². The Bertz CT molecular complexity index is 380. The van der Waals surface area contributed by atoms with Crippen LogP contribution in [0.1, 0.15) is 38.2 Å². The number of rotatable bonds is 3. The number of aromatic nitrogens is 1. The third kappa shape index (κ3) is 3.95. The molecule has 0 aliphatic heterocycles. The topological polar surface area (TPSA) is 37.0 Å². The molecule has 3 nitrogen and oxygen atoms in total. The second kappa shape index (κ2) is 6.69. The molecule has 1 aliphatic carbocycles. The second-order valence-electron chi connectivity index (χ2n) is 5.05. The van der Waals surface area contributed by atoms with Crippen molar-refractivity contribution in [3.05, 3.63) is 30.1 Å². The van der Waals surface area contributed by atoms with E-state index in [2.05, 4.69) is 22.5 Å². The van der Waals surface area contributed by atoms with Crippen molar-refractivity contribution in [3.63, 3.8) is 0 Å². The second-order valence-corrected chi connectivity index (χ2v) is 5.46. The summed E-state index contributed by atoms with van der Waals surface area (Å²) < 4.78 is 0. The van der Waals surface area contributed by atoms with E-state index in [0.29, 0.717) is 6.04 Å². The van der Waals surface area contributed by atoms with E-state index in [1.165, 1.54) is 31.2 Å². The smallest absolute Gasteiger partial charge is 0.166 e. The molecule has 18 heavy (non-hydrogen) atoms. The first-order chi connectivity index (χ1) is 8.75. The predicted octanol–water partition coefficient (Wildman–Crippen LogP) is 2.62. The van der Waals surface area contributed by atoms with Gasteiger partial charge < -0.3 is 10.6 Å². The van der Waals surface area contributed by atoms with Crippen molar-refractivity contribution >= 4 is 17.3 Å². The van der Waals surface area contributed by atoms with E-state index in [0.717, 1.165) is 17.6 Å². The molecule has 2 atom stereocenters. The maximum absolute atomic E-state index is 5.35. The first-order valence-corrected chi connectivity index (χ1v) is 7.10. The monoisotopic (exact) mass is 263 g/mol. The Balaban J connectivity index is 1.75. The van der Waals surface area contributed by atoms with Crippen molar-refractivity contribution in [1.82, 2.24) is 15.6 Å². The quantitative estimate of drug-likeness (QED) is 0.822. The van der Waals surface area contributed by atoms with Crippen LogP contribution >= 0.6 is 12.2 Å². The highest BCUT2D eigenvalue weighted by Gasteiger charge is 2.21. The lowest BCUT2D eigenvalue weighted by Gasteiger charge is -2.30. The van der Waals surface area contributed by atoms with E-state index in [1.54, 1.807) is 12.4 Å². The number of hydrogen-bond donors (Lipinski definition) is 2. The van der Waals surface area contributed by atoms with Crippen molar-refractivity contribution in [2.24, 2.45) is 5.92 Å². The number of hydrogen-bond acceptors (Lipinski definition) is 2. The molecule has 0 spiro atoms. The van der Waals surface area contributed by atoms with Crippen LogP contribution in [0.25, 0.3) is 0 Å². The first-order valence-electron chi connectivity index (χ1n) is 6.69. The molecule has 2 unspecified atom stereocenters. The molecule has 98 valence electrons. The summed E-state index contributed by atoms with van der Waals surface area (Å²) in [6.07, 6.45) is 8.82. The van der Waals surface area contributed by atoms with Gasteiger partial charge in [0.2, 0.25) is 0 Å². The summed E-state index contributed by atoms with van der Waals surface area (Å²) in [7, 11) is 0. The van der Waals surface area contributed by atoms with Gasteiger partial charge in [0.15, 0.2) is 5.11 Å². The lowest BCUT2D eigenvalue weighted by atomic mass is 9.86. The SMILES string of the molecule is CC1CCCCC1NC(=S)NCc1ccncc1. The molecular formula is C14H21N3S. The summed E-state index contributed by atoms with van der Waals surface area (Å²) in [5.74, 6) is 0.722. The van der Waals surface area contributed by atoms with Crippen molar-refractivity contribution in [2.45, 2.75) is 45.2 Å². The molecule has 0 bridgehead atoms. The zero-order valence-electron chi connectivity index (χ0n) is 10.9. The van der Waals surface area contributed by atoms with Crippen LogP contribution in [0.5, 0.6) is 0 Å². The maximum atomic E-state index is 5.35. The van der Waals surface area contributed by atoms with Gasteiger partial charge in [0, 0.05) is 25.0 Å². The van der Waals surface area contributed by atoms with Gasteiger partial charge in [0.25, 0.3) is 0 Å². The normalized spacial score (nSPS) is 23.4. The predicted molar refractivity (Wildman–Crippen MR) is 78.2 cm³/mol. The molecule has 0 amide bonds. The van der Waals surface area contributed by atoms with Crippen molar-refractivity contribution in [3.8, 4) is 0 Å².